The monoisotopic (exact) mass is 436 g/mol. The van der Waals surface area contributed by atoms with Crippen LogP contribution in [0.3, 0.4) is 0 Å². The van der Waals surface area contributed by atoms with Crippen molar-refractivity contribution in [1.82, 2.24) is 19.9 Å². The highest BCUT2D eigenvalue weighted by Gasteiger charge is 2.11. The summed E-state index contributed by atoms with van der Waals surface area (Å²) < 4.78 is 0. The fourth-order valence-corrected chi connectivity index (χ4v) is 4.51. The van der Waals surface area contributed by atoms with Gasteiger partial charge in [0.25, 0.3) is 0 Å². The number of hydrogen-bond acceptors (Lipinski definition) is 0. The normalized spacial score (nSPS) is 13.4. The molecule has 0 radical (unpaired) electrons. The van der Waals surface area contributed by atoms with Crippen LogP contribution in [0.15, 0.2) is 78.9 Å². The first-order valence-electron chi connectivity index (χ1n) is 10.6. The van der Waals surface area contributed by atoms with E-state index in [0.717, 1.165) is 60.9 Å². The van der Waals surface area contributed by atoms with Gasteiger partial charge in [-0.05, 0) is 72.7 Å². The lowest BCUT2D eigenvalue weighted by atomic mass is 10.0. The summed E-state index contributed by atoms with van der Waals surface area (Å²) in [6.07, 6.45) is 2.09. The quantitative estimate of drug-likeness (QED) is 0.312. The van der Waals surface area contributed by atoms with E-state index in [1.165, 1.54) is 0 Å². The maximum atomic E-state index is 6.70. The first-order chi connectivity index (χ1) is 15.7. The predicted octanol–water partition coefficient (Wildman–Crippen LogP) is 3.00. The standard InChI is InChI=1S/C27H21ClN4/c1-16-20-11-13-23(31-20)26(17-5-3-2-4-6-17)22-9-7-18(29-22)15-19-8-10-24(30-19)27(28)25-14-12-21(16)32-25/h2-15,29-32H,1H3. The van der Waals surface area contributed by atoms with Crippen LogP contribution in [-0.2, 0) is 0 Å². The number of halogens is 1. The van der Waals surface area contributed by atoms with Crippen LogP contribution in [-0.4, -0.2) is 19.9 Å². The number of benzene rings is 1. The van der Waals surface area contributed by atoms with Gasteiger partial charge in [0.2, 0.25) is 0 Å². The molecule has 32 heavy (non-hydrogen) atoms. The summed E-state index contributed by atoms with van der Waals surface area (Å²) in [7, 11) is 0. The van der Waals surface area contributed by atoms with Gasteiger partial charge in [0.15, 0.2) is 0 Å². The second-order valence-corrected chi connectivity index (χ2v) is 8.43. The molecule has 0 saturated heterocycles. The zero-order chi connectivity index (χ0) is 21.7. The fourth-order valence-electron chi connectivity index (χ4n) is 4.29. The first-order valence-corrected chi connectivity index (χ1v) is 10.9. The average Bonchev–Trinajstić information content (AvgIpc) is 3.61. The van der Waals surface area contributed by atoms with E-state index < -0.39 is 0 Å². The van der Waals surface area contributed by atoms with Crippen LogP contribution in [0.5, 0.6) is 0 Å². The maximum Gasteiger partial charge on any atom is 0.0875 e. The molecule has 5 aromatic rings. The average molecular weight is 437 g/mol. The van der Waals surface area contributed by atoms with E-state index in [1.807, 2.05) is 24.3 Å². The van der Waals surface area contributed by atoms with Gasteiger partial charge in [-0.3, -0.25) is 0 Å². The molecular weight excluding hydrogens is 416 g/mol. The highest BCUT2D eigenvalue weighted by atomic mass is 35.5. The third-order valence-electron chi connectivity index (χ3n) is 5.98. The molecule has 156 valence electrons. The molecule has 8 bridgehead atoms. The third kappa shape index (κ3) is 3.17. The van der Waals surface area contributed by atoms with E-state index in [9.17, 15) is 0 Å². The minimum Gasteiger partial charge on any atom is -0.355 e. The number of fused-ring (bicyclic) bond motifs is 8. The Morgan fingerprint density at radius 1 is 0.594 bits per heavy atom. The summed E-state index contributed by atoms with van der Waals surface area (Å²) in [6, 6.07) is 27.1. The summed E-state index contributed by atoms with van der Waals surface area (Å²) in [5.74, 6) is 0. The minimum absolute atomic E-state index is 0.662. The van der Waals surface area contributed by atoms with Crippen molar-refractivity contribution >= 4 is 33.9 Å². The van der Waals surface area contributed by atoms with Gasteiger partial charge < -0.3 is 19.9 Å². The summed E-state index contributed by atoms with van der Waals surface area (Å²) in [6.45, 7) is 2.11. The van der Waals surface area contributed by atoms with Gasteiger partial charge in [-0.25, -0.2) is 0 Å². The molecule has 4 N–H and O–H groups in total. The van der Waals surface area contributed by atoms with Crippen LogP contribution in [0.2, 0.25) is 0 Å². The topological polar surface area (TPSA) is 63.2 Å². The lowest BCUT2D eigenvalue weighted by Crippen LogP contribution is -2.16. The molecule has 5 heteroatoms. The lowest BCUT2D eigenvalue weighted by Gasteiger charge is -2.05. The van der Waals surface area contributed by atoms with E-state index in [4.69, 9.17) is 11.6 Å². The molecule has 0 aliphatic carbocycles. The Hall–Kier alpha value is -3.89. The minimum atomic E-state index is 0.662. The second-order valence-electron chi connectivity index (χ2n) is 8.05. The van der Waals surface area contributed by atoms with Crippen LogP contribution in [0.25, 0.3) is 22.3 Å². The van der Waals surface area contributed by atoms with Gasteiger partial charge in [-0.1, -0.05) is 41.9 Å². The molecule has 5 heterocycles. The highest BCUT2D eigenvalue weighted by molar-refractivity contribution is 6.48. The Morgan fingerprint density at radius 3 is 2.22 bits per heavy atom. The Bertz CT molecular complexity index is 1690. The lowest BCUT2D eigenvalue weighted by molar-refractivity contribution is 1.20. The molecule has 0 fully saturated rings. The second kappa shape index (κ2) is 7.36. The summed E-state index contributed by atoms with van der Waals surface area (Å²) in [5.41, 5.74) is 7.39. The van der Waals surface area contributed by atoms with Crippen molar-refractivity contribution in [1.29, 1.82) is 0 Å². The smallest absolute Gasteiger partial charge is 0.0875 e. The van der Waals surface area contributed by atoms with Gasteiger partial charge >= 0.3 is 0 Å². The van der Waals surface area contributed by atoms with E-state index in [2.05, 4.69) is 87.5 Å². The van der Waals surface area contributed by atoms with Crippen molar-refractivity contribution in [2.75, 3.05) is 0 Å². The van der Waals surface area contributed by atoms with Crippen molar-refractivity contribution in [2.45, 2.75) is 6.92 Å². The van der Waals surface area contributed by atoms with Crippen molar-refractivity contribution in [3.8, 4) is 0 Å². The van der Waals surface area contributed by atoms with E-state index in [1.54, 1.807) is 0 Å². The largest absolute Gasteiger partial charge is 0.355 e. The SMILES string of the molecule is CC1=c2ccc([nH]2)=C(c2ccccc2)c2ccc([nH]2)C=c2ccc([nH]2)=C(Cl)c2ccc1[nH]2. The Labute approximate surface area is 189 Å². The highest BCUT2D eigenvalue weighted by Crippen LogP contribution is 2.21. The third-order valence-corrected chi connectivity index (χ3v) is 6.39. The molecule has 0 amide bonds. The van der Waals surface area contributed by atoms with Crippen molar-refractivity contribution in [3.63, 3.8) is 0 Å². The molecule has 0 spiro atoms. The molecule has 0 saturated carbocycles. The molecule has 0 atom stereocenters. The molecule has 4 nitrogen and oxygen atoms in total. The van der Waals surface area contributed by atoms with Crippen LogP contribution in [0.1, 0.15) is 35.3 Å². The van der Waals surface area contributed by atoms with Gasteiger partial charge in [0.1, 0.15) is 0 Å². The number of aromatic nitrogens is 4. The maximum absolute atomic E-state index is 6.70. The summed E-state index contributed by atoms with van der Waals surface area (Å²) in [5, 5.41) is 4.64. The molecule has 0 unspecified atom stereocenters. The van der Waals surface area contributed by atoms with Crippen LogP contribution in [0.4, 0.5) is 0 Å². The zero-order valence-electron chi connectivity index (χ0n) is 17.5. The Morgan fingerprint density at radius 2 is 1.34 bits per heavy atom. The first kappa shape index (κ1) is 18.8. The number of H-pyrrole nitrogens is 4. The number of nitrogens with one attached hydrogen (secondary N) is 4. The number of rotatable bonds is 1. The molecule has 4 aromatic heterocycles. The molecular formula is C27H21ClN4. The van der Waals surface area contributed by atoms with Gasteiger partial charge in [-0.2, -0.15) is 0 Å². The van der Waals surface area contributed by atoms with Gasteiger partial charge in [0.05, 0.1) is 16.1 Å². The number of aromatic amines is 4. The molecule has 6 rings (SSSR count). The van der Waals surface area contributed by atoms with Gasteiger partial charge in [0, 0.05) is 38.7 Å². The van der Waals surface area contributed by atoms with Crippen LogP contribution >= 0.6 is 11.6 Å². The Kier molecular flexibility index (Phi) is 4.33. The van der Waals surface area contributed by atoms with E-state index in [-0.39, 0.29) is 0 Å². The van der Waals surface area contributed by atoms with Crippen molar-refractivity contribution in [2.24, 2.45) is 0 Å². The zero-order valence-corrected chi connectivity index (χ0v) is 18.2. The molecule has 1 aliphatic heterocycles. The van der Waals surface area contributed by atoms with E-state index >= 15 is 0 Å². The molecule has 1 aliphatic rings. The summed E-state index contributed by atoms with van der Waals surface area (Å²) >= 11 is 6.70. The van der Waals surface area contributed by atoms with Crippen LogP contribution < -0.4 is 21.4 Å². The van der Waals surface area contributed by atoms with Crippen molar-refractivity contribution in [3.05, 3.63) is 129 Å². The fraction of sp³-hybridized carbons (Fsp3) is 0.0370. The van der Waals surface area contributed by atoms with E-state index in [0.29, 0.717) is 5.03 Å². The van der Waals surface area contributed by atoms with Crippen LogP contribution in [0, 0.1) is 0 Å². The Balaban J connectivity index is 1.72. The van der Waals surface area contributed by atoms with Crippen molar-refractivity contribution < 1.29 is 0 Å². The van der Waals surface area contributed by atoms with Gasteiger partial charge in [-0.15, -0.1) is 0 Å². The molecule has 1 aromatic carbocycles. The summed E-state index contributed by atoms with van der Waals surface area (Å²) in [4.78, 5) is 14.1. The predicted molar refractivity (Wildman–Crippen MR) is 130 cm³/mol. The number of hydrogen-bond donors (Lipinski definition) is 4.